The first-order valence-electron chi connectivity index (χ1n) is 17.7. The van der Waals surface area contributed by atoms with Crippen molar-refractivity contribution in [1.29, 1.82) is 0 Å². The van der Waals surface area contributed by atoms with Crippen molar-refractivity contribution in [2.75, 3.05) is 52.7 Å². The highest BCUT2D eigenvalue weighted by atomic mass is 32.2. The van der Waals surface area contributed by atoms with Gasteiger partial charge < -0.3 is 44.3 Å². The van der Waals surface area contributed by atoms with Gasteiger partial charge in [0, 0.05) is 38.8 Å². The second-order valence-corrected chi connectivity index (χ2v) is 15.9. The quantitative estimate of drug-likeness (QED) is 0.204. The van der Waals surface area contributed by atoms with Crippen LogP contribution in [0.25, 0.3) is 0 Å². The SMILES string of the molecule is CCN(CC)C(=O)NCCCC(C)(C)CN(C[C@@H](O)[C@H](Cc1ccccc1)NC(=O)O[C@H]1CO[C@H]2OCC[C@H]21)S(=O)(=O)c1ccc2c(c1)OCO2. The number of amides is 3. The molecule has 0 radical (unpaired) electrons. The van der Waals surface area contributed by atoms with Gasteiger partial charge in [0.2, 0.25) is 16.8 Å². The van der Waals surface area contributed by atoms with Gasteiger partial charge in [-0.1, -0.05) is 44.2 Å². The maximum Gasteiger partial charge on any atom is 0.407 e. The van der Waals surface area contributed by atoms with Crippen molar-refractivity contribution in [3.8, 4) is 11.5 Å². The Morgan fingerprint density at radius 2 is 1.80 bits per heavy atom. The molecular weight excluding hydrogens is 680 g/mol. The number of benzene rings is 2. The van der Waals surface area contributed by atoms with Crippen LogP contribution < -0.4 is 20.1 Å². The molecule has 0 spiro atoms. The van der Waals surface area contributed by atoms with Crippen LogP contribution in [0, 0.1) is 11.3 Å². The second kappa shape index (κ2) is 17.3. The molecule has 2 aromatic rings. The zero-order chi connectivity index (χ0) is 36.6. The lowest BCUT2D eigenvalue weighted by atomic mass is 9.87. The van der Waals surface area contributed by atoms with Gasteiger partial charge in [0.15, 0.2) is 17.8 Å². The van der Waals surface area contributed by atoms with E-state index in [1.165, 1.54) is 16.4 Å². The number of sulfonamides is 1. The van der Waals surface area contributed by atoms with Crippen molar-refractivity contribution in [2.24, 2.45) is 11.3 Å². The van der Waals surface area contributed by atoms with Crippen molar-refractivity contribution in [3.63, 3.8) is 0 Å². The topological polar surface area (TPSA) is 165 Å². The molecule has 0 aromatic heterocycles. The highest BCUT2D eigenvalue weighted by Gasteiger charge is 2.44. The third-order valence-corrected chi connectivity index (χ3v) is 11.5. The number of carbonyl (C=O) groups is 2. The average Bonchev–Trinajstić information content (AvgIpc) is 3.86. The summed E-state index contributed by atoms with van der Waals surface area (Å²) in [5.41, 5.74) is 0.278. The number of nitrogens with zero attached hydrogens (tertiary/aromatic N) is 2. The van der Waals surface area contributed by atoms with E-state index >= 15 is 0 Å². The lowest BCUT2D eigenvalue weighted by Crippen LogP contribution is -2.52. The molecule has 5 rings (SSSR count). The third kappa shape index (κ3) is 10.0. The van der Waals surface area contributed by atoms with Gasteiger partial charge in [-0.05, 0) is 62.6 Å². The Morgan fingerprint density at radius 1 is 1.06 bits per heavy atom. The summed E-state index contributed by atoms with van der Waals surface area (Å²) in [7, 11) is -4.19. The predicted molar refractivity (Wildman–Crippen MR) is 188 cm³/mol. The van der Waals surface area contributed by atoms with Crippen molar-refractivity contribution < 1.29 is 46.8 Å². The van der Waals surface area contributed by atoms with E-state index in [0.29, 0.717) is 57.0 Å². The van der Waals surface area contributed by atoms with E-state index in [2.05, 4.69) is 10.6 Å². The van der Waals surface area contributed by atoms with Crippen molar-refractivity contribution in [2.45, 2.75) is 82.8 Å². The van der Waals surface area contributed by atoms with E-state index in [1.807, 2.05) is 58.0 Å². The zero-order valence-electron chi connectivity index (χ0n) is 29.9. The molecule has 0 bridgehead atoms. The summed E-state index contributed by atoms with van der Waals surface area (Å²) in [6, 6.07) is 12.7. The largest absolute Gasteiger partial charge is 0.454 e. The minimum absolute atomic E-state index is 0.0105. The standard InChI is InChI=1S/C36H52N4O10S/c1-5-39(6-2)34(42)37-17-10-16-36(3,4)23-40(51(44,45)26-13-14-30-31(20-26)49-24-48-30)21-29(41)28(19-25-11-8-7-9-12-25)38-35(43)50-32-22-47-33-27(32)15-18-46-33/h7-9,11-14,20,27-29,32-33,41H,5-6,10,15-19,21-24H2,1-4H3,(H,37,42)(H,38,43)/t27-,28-,29+,32-,33+/m0/s1. The fourth-order valence-electron chi connectivity index (χ4n) is 6.73. The highest BCUT2D eigenvalue weighted by molar-refractivity contribution is 7.89. The van der Waals surface area contributed by atoms with E-state index in [-0.39, 0.29) is 49.8 Å². The van der Waals surface area contributed by atoms with Crippen LogP contribution in [0.3, 0.4) is 0 Å². The summed E-state index contributed by atoms with van der Waals surface area (Å²) >= 11 is 0. The smallest absolute Gasteiger partial charge is 0.407 e. The van der Waals surface area contributed by atoms with Crippen LogP contribution in [0.1, 0.15) is 52.5 Å². The summed E-state index contributed by atoms with van der Waals surface area (Å²) in [6.45, 7) is 9.85. The molecular formula is C36H52N4O10S. The molecule has 5 atom stereocenters. The van der Waals surface area contributed by atoms with Crippen molar-refractivity contribution in [1.82, 2.24) is 19.8 Å². The van der Waals surface area contributed by atoms with E-state index in [1.54, 1.807) is 11.0 Å². The van der Waals surface area contributed by atoms with Gasteiger partial charge in [-0.15, -0.1) is 0 Å². The molecule has 0 saturated carbocycles. The Morgan fingerprint density at radius 3 is 2.55 bits per heavy atom. The van der Waals surface area contributed by atoms with Gasteiger partial charge in [0.25, 0.3) is 0 Å². The van der Waals surface area contributed by atoms with Crippen molar-refractivity contribution in [3.05, 3.63) is 54.1 Å². The molecule has 3 heterocycles. The van der Waals surface area contributed by atoms with Crippen LogP contribution >= 0.6 is 0 Å². The first kappa shape index (κ1) is 38.6. The van der Waals surface area contributed by atoms with E-state index in [9.17, 15) is 23.1 Å². The number of rotatable bonds is 17. The van der Waals surface area contributed by atoms with Gasteiger partial charge in [-0.2, -0.15) is 4.31 Å². The first-order chi connectivity index (χ1) is 24.4. The number of carbonyl (C=O) groups excluding carboxylic acids is 2. The Labute approximate surface area is 300 Å². The second-order valence-electron chi connectivity index (χ2n) is 14.0. The van der Waals surface area contributed by atoms with E-state index < -0.39 is 46.1 Å². The number of urea groups is 1. The number of fused-ring (bicyclic) bond motifs is 2. The molecule has 15 heteroatoms. The van der Waals surface area contributed by atoms with Gasteiger partial charge in [-0.3, -0.25) is 0 Å². The average molecular weight is 733 g/mol. The fraction of sp³-hybridized carbons (Fsp3) is 0.611. The Hall–Kier alpha value is -3.63. The number of alkyl carbamates (subject to hydrolysis) is 1. The molecule has 0 unspecified atom stereocenters. The monoisotopic (exact) mass is 732 g/mol. The number of ether oxygens (including phenoxy) is 5. The molecule has 282 valence electrons. The molecule has 2 fully saturated rings. The highest BCUT2D eigenvalue weighted by Crippen LogP contribution is 2.36. The van der Waals surface area contributed by atoms with E-state index in [0.717, 1.165) is 5.56 Å². The molecule has 3 N–H and O–H groups in total. The zero-order valence-corrected chi connectivity index (χ0v) is 30.7. The summed E-state index contributed by atoms with van der Waals surface area (Å²) in [4.78, 5) is 27.4. The number of hydrogen-bond donors (Lipinski definition) is 3. The summed E-state index contributed by atoms with van der Waals surface area (Å²) in [6.07, 6.45) is -0.811. The Balaban J connectivity index is 1.33. The maximum atomic E-state index is 14.4. The number of aliphatic hydroxyl groups is 1. The molecule has 51 heavy (non-hydrogen) atoms. The van der Waals surface area contributed by atoms with Crippen LogP contribution in [-0.4, -0.2) is 112 Å². The van der Waals surface area contributed by atoms with Crippen LogP contribution in [0.5, 0.6) is 11.5 Å². The normalized spacial score (nSPS) is 20.9. The third-order valence-electron chi connectivity index (χ3n) is 9.64. The van der Waals surface area contributed by atoms with Gasteiger partial charge in [0.1, 0.15) is 6.10 Å². The van der Waals surface area contributed by atoms with Crippen LogP contribution in [0.15, 0.2) is 53.4 Å². The molecule has 3 aliphatic rings. The van der Waals surface area contributed by atoms with Crippen LogP contribution in [0.4, 0.5) is 9.59 Å². The minimum atomic E-state index is -4.19. The first-order valence-corrected chi connectivity index (χ1v) is 19.2. The summed E-state index contributed by atoms with van der Waals surface area (Å²) < 4.78 is 57.8. The summed E-state index contributed by atoms with van der Waals surface area (Å²) in [5.74, 6) is 0.696. The molecule has 2 saturated heterocycles. The maximum absolute atomic E-state index is 14.4. The van der Waals surface area contributed by atoms with Crippen LogP contribution in [-0.2, 0) is 30.7 Å². The fourth-order valence-corrected chi connectivity index (χ4v) is 8.40. The molecule has 2 aromatic carbocycles. The van der Waals surface area contributed by atoms with Gasteiger partial charge in [0.05, 0.1) is 36.2 Å². The lowest BCUT2D eigenvalue weighted by molar-refractivity contribution is -0.0907. The summed E-state index contributed by atoms with van der Waals surface area (Å²) in [5, 5.41) is 17.6. The van der Waals surface area contributed by atoms with Crippen molar-refractivity contribution >= 4 is 22.1 Å². The Kier molecular flexibility index (Phi) is 13.1. The Bertz CT molecular complexity index is 1570. The molecule has 0 aliphatic carbocycles. The predicted octanol–water partition coefficient (Wildman–Crippen LogP) is 3.72. The van der Waals surface area contributed by atoms with E-state index in [4.69, 9.17) is 23.7 Å². The van der Waals surface area contributed by atoms with Gasteiger partial charge in [-0.25, -0.2) is 18.0 Å². The molecule has 14 nitrogen and oxygen atoms in total. The minimum Gasteiger partial charge on any atom is -0.454 e. The number of nitrogens with one attached hydrogen (secondary N) is 2. The van der Waals surface area contributed by atoms with Gasteiger partial charge >= 0.3 is 12.1 Å². The molecule has 3 aliphatic heterocycles. The van der Waals surface area contributed by atoms with Crippen LogP contribution in [0.2, 0.25) is 0 Å². The number of hydrogen-bond acceptors (Lipinski definition) is 10. The number of aliphatic hydroxyl groups excluding tert-OH is 1. The lowest BCUT2D eigenvalue weighted by Gasteiger charge is -2.35. The molecule has 3 amide bonds.